The van der Waals surface area contributed by atoms with E-state index in [4.69, 9.17) is 5.11 Å². The molecular weight excluding hydrogens is 150 g/mol. The van der Waals surface area contributed by atoms with Crippen LogP contribution in [0.5, 0.6) is 0 Å². The quantitative estimate of drug-likeness (QED) is 0.616. The van der Waals surface area contributed by atoms with E-state index < -0.39 is 0 Å². The normalized spacial score (nSPS) is 20.2. The standard InChI is InChI=1S/C10H17NO/c1-10(12)6-2-3-7-11-8-4-5-9-11/h10,12H,4-9H2,1H3. The van der Waals surface area contributed by atoms with Crippen LogP contribution in [-0.2, 0) is 0 Å². The predicted molar refractivity (Wildman–Crippen MR) is 49.7 cm³/mol. The third-order valence-electron chi connectivity index (χ3n) is 2.02. The van der Waals surface area contributed by atoms with Crippen LogP contribution in [0.1, 0.15) is 26.2 Å². The van der Waals surface area contributed by atoms with Gasteiger partial charge in [0.15, 0.2) is 0 Å². The molecule has 1 N–H and O–H groups in total. The number of hydrogen-bond donors (Lipinski definition) is 1. The van der Waals surface area contributed by atoms with Gasteiger partial charge in [0.25, 0.3) is 0 Å². The van der Waals surface area contributed by atoms with Gasteiger partial charge in [-0.2, -0.15) is 0 Å². The van der Waals surface area contributed by atoms with Gasteiger partial charge in [0.05, 0.1) is 12.6 Å². The Hall–Kier alpha value is -0.520. The Kier molecular flexibility index (Phi) is 4.13. The summed E-state index contributed by atoms with van der Waals surface area (Å²) in [7, 11) is 0. The van der Waals surface area contributed by atoms with Crippen LogP contribution in [0.3, 0.4) is 0 Å². The molecule has 0 saturated carbocycles. The zero-order valence-corrected chi connectivity index (χ0v) is 7.71. The van der Waals surface area contributed by atoms with Gasteiger partial charge in [0.1, 0.15) is 0 Å². The smallest absolute Gasteiger partial charge is 0.0621 e. The molecule has 0 aliphatic carbocycles. The average Bonchev–Trinajstić information content (AvgIpc) is 2.49. The lowest BCUT2D eigenvalue weighted by molar-refractivity contribution is 0.201. The van der Waals surface area contributed by atoms with E-state index in [1.807, 2.05) is 0 Å². The molecule has 0 spiro atoms. The SMILES string of the molecule is CC(O)CC#CCN1CCCC1. The van der Waals surface area contributed by atoms with Crippen molar-refractivity contribution in [2.24, 2.45) is 0 Å². The number of rotatable bonds is 2. The summed E-state index contributed by atoms with van der Waals surface area (Å²) in [5.41, 5.74) is 0. The molecule has 0 bridgehead atoms. The molecular formula is C10H17NO. The molecule has 68 valence electrons. The highest BCUT2D eigenvalue weighted by atomic mass is 16.3. The Morgan fingerprint density at radius 2 is 2.00 bits per heavy atom. The lowest BCUT2D eigenvalue weighted by Crippen LogP contribution is -2.19. The molecule has 1 fully saturated rings. The molecule has 0 aromatic rings. The molecule has 2 nitrogen and oxygen atoms in total. The van der Waals surface area contributed by atoms with Gasteiger partial charge in [-0.25, -0.2) is 0 Å². The van der Waals surface area contributed by atoms with E-state index in [0.717, 1.165) is 6.54 Å². The van der Waals surface area contributed by atoms with Crippen LogP contribution >= 0.6 is 0 Å². The topological polar surface area (TPSA) is 23.5 Å². The molecule has 1 rings (SSSR count). The summed E-state index contributed by atoms with van der Waals surface area (Å²) in [6.45, 7) is 5.05. The summed E-state index contributed by atoms with van der Waals surface area (Å²) in [6, 6.07) is 0. The Morgan fingerprint density at radius 1 is 1.33 bits per heavy atom. The summed E-state index contributed by atoms with van der Waals surface area (Å²) in [5, 5.41) is 8.93. The highest BCUT2D eigenvalue weighted by Crippen LogP contribution is 2.05. The lowest BCUT2D eigenvalue weighted by atomic mass is 10.3. The fourth-order valence-electron chi connectivity index (χ4n) is 1.33. The van der Waals surface area contributed by atoms with Crippen molar-refractivity contribution < 1.29 is 5.11 Å². The highest BCUT2D eigenvalue weighted by molar-refractivity contribution is 5.02. The van der Waals surface area contributed by atoms with Crippen molar-refractivity contribution in [3.05, 3.63) is 0 Å². The van der Waals surface area contributed by atoms with Gasteiger partial charge < -0.3 is 5.11 Å². The Balaban J connectivity index is 2.09. The minimum absolute atomic E-state index is 0.281. The molecule has 1 heterocycles. The van der Waals surface area contributed by atoms with Crippen molar-refractivity contribution in [3.63, 3.8) is 0 Å². The van der Waals surface area contributed by atoms with Crippen LogP contribution in [0.15, 0.2) is 0 Å². The lowest BCUT2D eigenvalue weighted by Gasteiger charge is -2.08. The van der Waals surface area contributed by atoms with Gasteiger partial charge in [-0.1, -0.05) is 11.8 Å². The molecule has 1 saturated heterocycles. The molecule has 1 unspecified atom stereocenters. The van der Waals surface area contributed by atoms with E-state index in [1.54, 1.807) is 6.92 Å². The zero-order chi connectivity index (χ0) is 8.81. The fraction of sp³-hybridized carbons (Fsp3) is 0.800. The molecule has 2 heteroatoms. The second-order valence-electron chi connectivity index (χ2n) is 3.39. The molecule has 0 radical (unpaired) electrons. The van der Waals surface area contributed by atoms with Gasteiger partial charge in [0, 0.05) is 6.42 Å². The number of likely N-dealkylation sites (tertiary alicyclic amines) is 1. The van der Waals surface area contributed by atoms with E-state index in [9.17, 15) is 0 Å². The van der Waals surface area contributed by atoms with E-state index in [2.05, 4.69) is 16.7 Å². The van der Waals surface area contributed by atoms with Gasteiger partial charge >= 0.3 is 0 Å². The molecule has 0 amide bonds. The van der Waals surface area contributed by atoms with Crippen LogP contribution in [0.2, 0.25) is 0 Å². The summed E-state index contributed by atoms with van der Waals surface area (Å²) >= 11 is 0. The van der Waals surface area contributed by atoms with Crippen molar-refractivity contribution in [1.29, 1.82) is 0 Å². The maximum atomic E-state index is 8.93. The van der Waals surface area contributed by atoms with Crippen LogP contribution in [0.4, 0.5) is 0 Å². The Labute approximate surface area is 74.6 Å². The maximum Gasteiger partial charge on any atom is 0.0621 e. The third kappa shape index (κ3) is 3.75. The Morgan fingerprint density at radius 3 is 2.58 bits per heavy atom. The number of aliphatic hydroxyl groups excluding tert-OH is 1. The second-order valence-corrected chi connectivity index (χ2v) is 3.39. The first-order valence-electron chi connectivity index (χ1n) is 4.65. The number of hydrogen-bond acceptors (Lipinski definition) is 2. The van der Waals surface area contributed by atoms with E-state index in [1.165, 1.54) is 25.9 Å². The molecule has 1 aliphatic rings. The highest BCUT2D eigenvalue weighted by Gasteiger charge is 2.08. The summed E-state index contributed by atoms with van der Waals surface area (Å²) < 4.78 is 0. The third-order valence-corrected chi connectivity index (χ3v) is 2.02. The van der Waals surface area contributed by atoms with Crippen molar-refractivity contribution in [3.8, 4) is 11.8 Å². The van der Waals surface area contributed by atoms with Gasteiger partial charge in [-0.15, -0.1) is 0 Å². The van der Waals surface area contributed by atoms with Crippen molar-refractivity contribution in [2.75, 3.05) is 19.6 Å². The van der Waals surface area contributed by atoms with Crippen LogP contribution < -0.4 is 0 Å². The number of nitrogens with zero attached hydrogens (tertiary/aromatic N) is 1. The number of aliphatic hydroxyl groups is 1. The van der Waals surface area contributed by atoms with Crippen molar-refractivity contribution in [1.82, 2.24) is 4.90 Å². The molecule has 12 heavy (non-hydrogen) atoms. The minimum Gasteiger partial charge on any atom is -0.392 e. The van der Waals surface area contributed by atoms with Gasteiger partial charge in [-0.3, -0.25) is 4.90 Å². The first-order chi connectivity index (χ1) is 5.79. The monoisotopic (exact) mass is 167 g/mol. The van der Waals surface area contributed by atoms with E-state index in [-0.39, 0.29) is 6.10 Å². The second kappa shape index (κ2) is 5.18. The first-order valence-corrected chi connectivity index (χ1v) is 4.65. The van der Waals surface area contributed by atoms with Crippen molar-refractivity contribution in [2.45, 2.75) is 32.3 Å². The molecule has 1 atom stereocenters. The van der Waals surface area contributed by atoms with E-state index in [0.29, 0.717) is 6.42 Å². The molecule has 0 aromatic carbocycles. The Bertz CT molecular complexity index is 172. The average molecular weight is 167 g/mol. The van der Waals surface area contributed by atoms with Gasteiger partial charge in [-0.05, 0) is 32.9 Å². The zero-order valence-electron chi connectivity index (χ0n) is 7.71. The van der Waals surface area contributed by atoms with Crippen LogP contribution in [0.25, 0.3) is 0 Å². The largest absolute Gasteiger partial charge is 0.392 e. The molecule has 1 aliphatic heterocycles. The van der Waals surface area contributed by atoms with Gasteiger partial charge in [0.2, 0.25) is 0 Å². The summed E-state index contributed by atoms with van der Waals surface area (Å²) in [5.74, 6) is 6.04. The first kappa shape index (κ1) is 9.57. The molecule has 0 aromatic heterocycles. The van der Waals surface area contributed by atoms with Crippen LogP contribution in [0, 0.1) is 11.8 Å². The fourth-order valence-corrected chi connectivity index (χ4v) is 1.33. The van der Waals surface area contributed by atoms with E-state index >= 15 is 0 Å². The summed E-state index contributed by atoms with van der Waals surface area (Å²) in [4.78, 5) is 2.36. The minimum atomic E-state index is -0.281. The summed E-state index contributed by atoms with van der Waals surface area (Å²) in [6.07, 6.45) is 2.96. The van der Waals surface area contributed by atoms with Crippen molar-refractivity contribution >= 4 is 0 Å². The van der Waals surface area contributed by atoms with Crippen LogP contribution in [-0.4, -0.2) is 35.7 Å². The maximum absolute atomic E-state index is 8.93. The predicted octanol–water partition coefficient (Wildman–Crippen LogP) is 0.857.